The Kier molecular flexibility index (Phi) is 16.3. The van der Waals surface area contributed by atoms with Crippen LogP contribution in [0.25, 0.3) is 0 Å². The molecule has 0 aromatic rings. The summed E-state index contributed by atoms with van der Waals surface area (Å²) in [5.41, 5.74) is 0. The van der Waals surface area contributed by atoms with Crippen molar-refractivity contribution in [3.63, 3.8) is 0 Å². The van der Waals surface area contributed by atoms with Gasteiger partial charge in [0.15, 0.2) is 6.29 Å². The standard InChI is InChI=1S/C6H12O6.3Na.3H/c7-1-2-3(8)4(9)5(10)6(11)12-2;;;;;;/h2-11H,1H2;;;;;;/t2-,3-,4+,5-,6?;;;;;;/m1....../s1. The van der Waals surface area contributed by atoms with Crippen LogP contribution in [-0.4, -0.2) is 152 Å². The molecule has 1 saturated heterocycles. The molecule has 1 unspecified atom stereocenters. The van der Waals surface area contributed by atoms with Crippen molar-refractivity contribution >= 4 is 88.7 Å². The molecular weight excluding hydrogens is 237 g/mol. The second kappa shape index (κ2) is 10.7. The van der Waals surface area contributed by atoms with Gasteiger partial charge in [0.1, 0.15) is 24.4 Å². The first-order chi connectivity index (χ1) is 5.57. The zero-order chi connectivity index (χ0) is 9.30. The van der Waals surface area contributed by atoms with Crippen LogP contribution < -0.4 is 0 Å². The molecule has 5 N–H and O–H groups in total. The Bertz CT molecular complexity index is 157. The molecule has 0 aromatic carbocycles. The summed E-state index contributed by atoms with van der Waals surface area (Å²) in [4.78, 5) is 0. The quantitative estimate of drug-likeness (QED) is 0.298. The van der Waals surface area contributed by atoms with E-state index in [9.17, 15) is 0 Å². The van der Waals surface area contributed by atoms with Crippen molar-refractivity contribution in [2.75, 3.05) is 6.61 Å². The summed E-state index contributed by atoms with van der Waals surface area (Å²) in [5, 5.41) is 44.7. The van der Waals surface area contributed by atoms with Gasteiger partial charge in [0, 0.05) is 0 Å². The van der Waals surface area contributed by atoms with Crippen LogP contribution in [0.15, 0.2) is 0 Å². The topological polar surface area (TPSA) is 110 Å². The van der Waals surface area contributed by atoms with Gasteiger partial charge < -0.3 is 30.3 Å². The summed E-state index contributed by atoms with van der Waals surface area (Å²) in [6.45, 7) is -0.526. The molecule has 5 atom stereocenters. The number of aliphatic hydroxyl groups is 5. The van der Waals surface area contributed by atoms with Crippen molar-refractivity contribution in [2.24, 2.45) is 0 Å². The van der Waals surface area contributed by atoms with Crippen LogP contribution in [0.5, 0.6) is 0 Å². The Morgan fingerprint density at radius 1 is 0.800 bits per heavy atom. The second-order valence-corrected chi connectivity index (χ2v) is 2.72. The van der Waals surface area contributed by atoms with E-state index in [4.69, 9.17) is 25.5 Å². The van der Waals surface area contributed by atoms with Crippen LogP contribution >= 0.6 is 0 Å². The van der Waals surface area contributed by atoms with Gasteiger partial charge in [0.2, 0.25) is 0 Å². The van der Waals surface area contributed by atoms with Crippen molar-refractivity contribution in [3.8, 4) is 0 Å². The monoisotopic (exact) mass is 252 g/mol. The molecule has 1 heterocycles. The van der Waals surface area contributed by atoms with Crippen molar-refractivity contribution in [1.29, 1.82) is 0 Å². The minimum absolute atomic E-state index is 0. The summed E-state index contributed by atoms with van der Waals surface area (Å²) < 4.78 is 4.58. The van der Waals surface area contributed by atoms with Gasteiger partial charge in [-0.25, -0.2) is 0 Å². The molecule has 1 fully saturated rings. The van der Waals surface area contributed by atoms with Gasteiger partial charge in [-0.3, -0.25) is 0 Å². The fourth-order valence-corrected chi connectivity index (χ4v) is 1.08. The molecule has 0 spiro atoms. The third-order valence-corrected chi connectivity index (χ3v) is 1.87. The number of aliphatic hydroxyl groups excluding tert-OH is 5. The third kappa shape index (κ3) is 5.96. The fraction of sp³-hybridized carbons (Fsp3) is 1.00. The Morgan fingerprint density at radius 2 is 1.27 bits per heavy atom. The van der Waals surface area contributed by atoms with Crippen LogP contribution in [0.4, 0.5) is 0 Å². The summed E-state index contributed by atoms with van der Waals surface area (Å²) in [5.74, 6) is 0. The van der Waals surface area contributed by atoms with Gasteiger partial charge in [-0.1, -0.05) is 0 Å². The first-order valence-electron chi connectivity index (χ1n) is 3.56. The normalized spacial score (nSPS) is 39.4. The van der Waals surface area contributed by atoms with Gasteiger partial charge in [0.25, 0.3) is 0 Å². The average Bonchev–Trinajstić information content (AvgIpc) is 2.08. The van der Waals surface area contributed by atoms with Crippen molar-refractivity contribution in [1.82, 2.24) is 0 Å². The molecule has 0 aromatic heterocycles. The predicted octanol–water partition coefficient (Wildman–Crippen LogP) is -5.17. The maximum atomic E-state index is 9.12. The first-order valence-corrected chi connectivity index (χ1v) is 3.56. The van der Waals surface area contributed by atoms with Gasteiger partial charge in [-0.05, 0) is 0 Å². The predicted molar refractivity (Wildman–Crippen MR) is 57.4 cm³/mol. The van der Waals surface area contributed by atoms with E-state index in [1.54, 1.807) is 0 Å². The van der Waals surface area contributed by atoms with Crippen molar-refractivity contribution in [3.05, 3.63) is 0 Å². The number of ether oxygens (including phenoxy) is 1. The molecule has 9 heteroatoms. The zero-order valence-corrected chi connectivity index (χ0v) is 6.24. The van der Waals surface area contributed by atoms with E-state index in [1.165, 1.54) is 0 Å². The number of rotatable bonds is 1. The van der Waals surface area contributed by atoms with Crippen molar-refractivity contribution in [2.45, 2.75) is 30.7 Å². The van der Waals surface area contributed by atoms with E-state index in [0.29, 0.717) is 0 Å². The van der Waals surface area contributed by atoms with Gasteiger partial charge >= 0.3 is 88.7 Å². The summed E-state index contributed by atoms with van der Waals surface area (Å²) >= 11 is 0. The Labute approximate surface area is 154 Å². The minimum atomic E-state index is -1.57. The molecule has 1 aliphatic heterocycles. The zero-order valence-electron chi connectivity index (χ0n) is 6.24. The molecule has 0 saturated carbocycles. The molecule has 0 amide bonds. The van der Waals surface area contributed by atoms with Crippen LogP contribution in [0.2, 0.25) is 0 Å². The van der Waals surface area contributed by atoms with Crippen molar-refractivity contribution < 1.29 is 30.3 Å². The SMILES string of the molecule is OC[C@H]1OC(O)[C@H](O)[C@@H](O)[C@@H]1O.[NaH].[NaH].[NaH]. The van der Waals surface area contributed by atoms with E-state index in [0.717, 1.165) is 0 Å². The molecule has 1 rings (SSSR count). The first kappa shape index (κ1) is 22.9. The summed E-state index contributed by atoms with van der Waals surface area (Å²) in [7, 11) is 0. The fourth-order valence-electron chi connectivity index (χ4n) is 1.08. The van der Waals surface area contributed by atoms with E-state index < -0.39 is 37.3 Å². The van der Waals surface area contributed by atoms with Gasteiger partial charge in [-0.15, -0.1) is 0 Å². The molecular formula is C6H15Na3O6. The molecule has 0 radical (unpaired) electrons. The van der Waals surface area contributed by atoms with Crippen LogP contribution in [-0.2, 0) is 4.74 Å². The van der Waals surface area contributed by atoms with E-state index in [-0.39, 0.29) is 88.7 Å². The number of hydrogen-bond donors (Lipinski definition) is 5. The molecule has 15 heavy (non-hydrogen) atoms. The molecule has 1 aliphatic rings. The van der Waals surface area contributed by atoms with Gasteiger partial charge in [-0.2, -0.15) is 0 Å². The third-order valence-electron chi connectivity index (χ3n) is 1.87. The van der Waals surface area contributed by atoms with E-state index in [1.807, 2.05) is 0 Å². The Morgan fingerprint density at radius 3 is 1.67 bits per heavy atom. The average molecular weight is 252 g/mol. The van der Waals surface area contributed by atoms with Crippen LogP contribution in [0.1, 0.15) is 0 Å². The van der Waals surface area contributed by atoms with E-state index in [2.05, 4.69) is 4.74 Å². The molecule has 0 bridgehead atoms. The molecule has 0 aliphatic carbocycles. The van der Waals surface area contributed by atoms with E-state index >= 15 is 0 Å². The summed E-state index contributed by atoms with van der Waals surface area (Å²) in [6, 6.07) is 0. The van der Waals surface area contributed by atoms with Crippen LogP contribution in [0.3, 0.4) is 0 Å². The Hall–Kier alpha value is 2.76. The maximum absolute atomic E-state index is 9.12. The van der Waals surface area contributed by atoms with Crippen LogP contribution in [0, 0.1) is 0 Å². The summed E-state index contributed by atoms with van der Waals surface area (Å²) in [6.07, 6.45) is -7.04. The van der Waals surface area contributed by atoms with Gasteiger partial charge in [0.05, 0.1) is 6.61 Å². The second-order valence-electron chi connectivity index (χ2n) is 2.72. The number of hydrogen-bond acceptors (Lipinski definition) is 6. The Balaban J connectivity index is -0.000000480. The molecule has 6 nitrogen and oxygen atoms in total. The molecule has 78 valence electrons.